The van der Waals surface area contributed by atoms with Crippen LogP contribution in [-0.4, -0.2) is 24.7 Å². The van der Waals surface area contributed by atoms with Crippen molar-refractivity contribution in [2.45, 2.75) is 31.3 Å². The van der Waals surface area contributed by atoms with Crippen LogP contribution < -0.4 is 4.72 Å². The van der Waals surface area contributed by atoms with Gasteiger partial charge in [0.25, 0.3) is 10.0 Å². The highest BCUT2D eigenvalue weighted by atomic mass is 32.2. The van der Waals surface area contributed by atoms with E-state index in [4.69, 9.17) is 0 Å². The average molecular weight is 279 g/mol. The van der Waals surface area contributed by atoms with Gasteiger partial charge >= 0.3 is 0 Å². The summed E-state index contributed by atoms with van der Waals surface area (Å²) in [6, 6.07) is 9.20. The fraction of sp³-hybridized carbons (Fsp3) is 0.308. The van der Waals surface area contributed by atoms with Crippen LogP contribution in [0, 0.1) is 6.92 Å². The summed E-state index contributed by atoms with van der Waals surface area (Å²) in [6.45, 7) is 3.87. The normalized spacial score (nSPS) is 13.4. The fourth-order valence-electron chi connectivity index (χ4n) is 1.93. The first-order chi connectivity index (χ1) is 8.99. The van der Waals surface area contributed by atoms with Crippen LogP contribution in [-0.2, 0) is 16.4 Å². The van der Waals surface area contributed by atoms with Crippen molar-refractivity contribution in [3.63, 3.8) is 0 Å². The van der Waals surface area contributed by atoms with Gasteiger partial charge in [0, 0.05) is 6.04 Å². The maximum Gasteiger partial charge on any atom is 0.257 e. The standard InChI is InChI=1S/C13H17N3O2S/c1-10-5-3-4-6-12(10)9-11(2)16-19(17,18)13-7-8-14-15-13/h3-8,11,16H,9H2,1-2H3,(H,14,15). The highest BCUT2D eigenvalue weighted by molar-refractivity contribution is 7.89. The van der Waals surface area contributed by atoms with E-state index in [0.717, 1.165) is 11.1 Å². The van der Waals surface area contributed by atoms with Crippen molar-refractivity contribution >= 4 is 10.0 Å². The number of hydrogen-bond acceptors (Lipinski definition) is 3. The maximum absolute atomic E-state index is 12.0. The van der Waals surface area contributed by atoms with Crippen molar-refractivity contribution in [3.8, 4) is 0 Å². The van der Waals surface area contributed by atoms with E-state index in [9.17, 15) is 8.42 Å². The first kappa shape index (κ1) is 13.8. The van der Waals surface area contributed by atoms with E-state index in [1.54, 1.807) is 0 Å². The third-order valence-corrected chi connectivity index (χ3v) is 4.43. The van der Waals surface area contributed by atoms with E-state index in [-0.39, 0.29) is 11.1 Å². The van der Waals surface area contributed by atoms with E-state index < -0.39 is 10.0 Å². The van der Waals surface area contributed by atoms with Crippen LogP contribution in [0.4, 0.5) is 0 Å². The number of aromatic nitrogens is 2. The zero-order valence-corrected chi connectivity index (χ0v) is 11.7. The molecular weight excluding hydrogens is 262 g/mol. The van der Waals surface area contributed by atoms with Gasteiger partial charge in [0.2, 0.25) is 0 Å². The van der Waals surface area contributed by atoms with E-state index in [1.165, 1.54) is 12.3 Å². The molecule has 6 heteroatoms. The fourth-order valence-corrected chi connectivity index (χ4v) is 3.08. The molecule has 1 aromatic heterocycles. The monoisotopic (exact) mass is 279 g/mol. The maximum atomic E-state index is 12.0. The Morgan fingerprint density at radius 2 is 2.05 bits per heavy atom. The molecule has 102 valence electrons. The van der Waals surface area contributed by atoms with Crippen LogP contribution in [0.25, 0.3) is 0 Å². The molecule has 0 saturated heterocycles. The predicted molar refractivity (Wildman–Crippen MR) is 73.3 cm³/mol. The minimum atomic E-state index is -3.52. The van der Waals surface area contributed by atoms with Gasteiger partial charge in [-0.25, -0.2) is 13.1 Å². The van der Waals surface area contributed by atoms with E-state index in [1.807, 2.05) is 38.1 Å². The lowest BCUT2D eigenvalue weighted by atomic mass is 10.0. The van der Waals surface area contributed by atoms with Gasteiger partial charge in [-0.3, -0.25) is 5.10 Å². The Kier molecular flexibility index (Phi) is 4.01. The third kappa shape index (κ3) is 3.42. The summed E-state index contributed by atoms with van der Waals surface area (Å²) in [4.78, 5) is 0. The number of aryl methyl sites for hydroxylation is 1. The molecule has 5 nitrogen and oxygen atoms in total. The molecule has 0 amide bonds. The number of rotatable bonds is 5. The summed E-state index contributed by atoms with van der Waals surface area (Å²) < 4.78 is 26.6. The molecule has 1 unspecified atom stereocenters. The molecule has 0 aliphatic heterocycles. The molecule has 2 rings (SSSR count). The van der Waals surface area contributed by atoms with Gasteiger partial charge in [0.1, 0.15) is 0 Å². The number of nitrogens with zero attached hydrogens (tertiary/aromatic N) is 1. The number of nitrogens with one attached hydrogen (secondary N) is 2. The van der Waals surface area contributed by atoms with Crippen molar-refractivity contribution in [2.75, 3.05) is 0 Å². The minimum Gasteiger partial charge on any atom is -0.266 e. The lowest BCUT2D eigenvalue weighted by molar-refractivity contribution is 0.555. The minimum absolute atomic E-state index is 0.0872. The molecule has 1 atom stereocenters. The number of benzene rings is 1. The second-order valence-electron chi connectivity index (χ2n) is 4.57. The summed E-state index contributed by atoms with van der Waals surface area (Å²) in [5.74, 6) is 0. The van der Waals surface area contributed by atoms with E-state index in [2.05, 4.69) is 14.9 Å². The van der Waals surface area contributed by atoms with Gasteiger partial charge < -0.3 is 0 Å². The Morgan fingerprint density at radius 1 is 1.32 bits per heavy atom. The Bertz CT molecular complexity index is 636. The quantitative estimate of drug-likeness (QED) is 0.873. The molecule has 0 aliphatic carbocycles. The first-order valence-electron chi connectivity index (χ1n) is 6.05. The molecule has 0 radical (unpaired) electrons. The second kappa shape index (κ2) is 5.54. The molecule has 1 heterocycles. The molecule has 2 N–H and O–H groups in total. The van der Waals surface area contributed by atoms with Gasteiger partial charge in [-0.15, -0.1) is 0 Å². The summed E-state index contributed by atoms with van der Waals surface area (Å²) in [5, 5.41) is 6.19. The van der Waals surface area contributed by atoms with Crippen molar-refractivity contribution in [1.29, 1.82) is 0 Å². The molecule has 19 heavy (non-hydrogen) atoms. The van der Waals surface area contributed by atoms with E-state index in [0.29, 0.717) is 6.42 Å². The van der Waals surface area contributed by atoms with E-state index >= 15 is 0 Å². The van der Waals surface area contributed by atoms with Crippen molar-refractivity contribution in [1.82, 2.24) is 14.9 Å². The predicted octanol–water partition coefficient (Wildman–Crippen LogP) is 1.63. The summed E-state index contributed by atoms with van der Waals surface area (Å²) in [7, 11) is -3.52. The number of aromatic amines is 1. The number of H-pyrrole nitrogens is 1. The summed E-state index contributed by atoms with van der Waals surface area (Å²) in [5.41, 5.74) is 2.30. The molecule has 0 aliphatic rings. The van der Waals surface area contributed by atoms with Crippen molar-refractivity contribution < 1.29 is 8.42 Å². The lowest BCUT2D eigenvalue weighted by Gasteiger charge is -2.14. The molecule has 0 spiro atoms. The van der Waals surface area contributed by atoms with Crippen LogP contribution in [0.5, 0.6) is 0 Å². The van der Waals surface area contributed by atoms with Crippen LogP contribution in [0.3, 0.4) is 0 Å². The van der Waals surface area contributed by atoms with Crippen LogP contribution in [0.15, 0.2) is 41.6 Å². The van der Waals surface area contributed by atoms with Crippen LogP contribution >= 0.6 is 0 Å². The summed E-state index contributed by atoms with van der Waals surface area (Å²) in [6.07, 6.45) is 2.07. The van der Waals surface area contributed by atoms with Crippen LogP contribution in [0.2, 0.25) is 0 Å². The van der Waals surface area contributed by atoms with Gasteiger partial charge in [-0.2, -0.15) is 5.10 Å². The highest BCUT2D eigenvalue weighted by Gasteiger charge is 2.18. The molecular formula is C13H17N3O2S. The second-order valence-corrected chi connectivity index (χ2v) is 6.26. The van der Waals surface area contributed by atoms with Gasteiger partial charge in [-0.1, -0.05) is 24.3 Å². The van der Waals surface area contributed by atoms with Crippen molar-refractivity contribution in [2.24, 2.45) is 0 Å². The van der Waals surface area contributed by atoms with Gasteiger partial charge in [0.15, 0.2) is 5.03 Å². The Balaban J connectivity index is 2.06. The Hall–Kier alpha value is -1.66. The largest absolute Gasteiger partial charge is 0.266 e. The Morgan fingerprint density at radius 3 is 2.68 bits per heavy atom. The third-order valence-electron chi connectivity index (χ3n) is 2.91. The highest BCUT2D eigenvalue weighted by Crippen LogP contribution is 2.11. The summed E-state index contributed by atoms with van der Waals surface area (Å²) >= 11 is 0. The smallest absolute Gasteiger partial charge is 0.257 e. The number of sulfonamides is 1. The zero-order chi connectivity index (χ0) is 13.9. The van der Waals surface area contributed by atoms with Crippen LogP contribution in [0.1, 0.15) is 18.1 Å². The molecule has 0 saturated carbocycles. The average Bonchev–Trinajstić information content (AvgIpc) is 2.85. The first-order valence-corrected chi connectivity index (χ1v) is 7.53. The molecule has 2 aromatic rings. The molecule has 0 bridgehead atoms. The zero-order valence-electron chi connectivity index (χ0n) is 10.9. The lowest BCUT2D eigenvalue weighted by Crippen LogP contribution is -2.34. The molecule has 0 fully saturated rings. The van der Waals surface area contributed by atoms with Crippen molar-refractivity contribution in [3.05, 3.63) is 47.7 Å². The topological polar surface area (TPSA) is 74.8 Å². The molecule has 1 aromatic carbocycles. The van der Waals surface area contributed by atoms with Gasteiger partial charge in [0.05, 0.1) is 6.20 Å². The number of hydrogen-bond donors (Lipinski definition) is 2. The van der Waals surface area contributed by atoms with Gasteiger partial charge in [-0.05, 0) is 37.5 Å². The Labute approximate surface area is 113 Å². The SMILES string of the molecule is Cc1ccccc1CC(C)NS(=O)(=O)c1ccn[nH]1.